The van der Waals surface area contributed by atoms with Crippen molar-refractivity contribution in [3.63, 3.8) is 0 Å². The van der Waals surface area contributed by atoms with Gasteiger partial charge in [0.05, 0.1) is 12.2 Å². The molecule has 0 radical (unpaired) electrons. The van der Waals surface area contributed by atoms with Crippen LogP contribution in [0.5, 0.6) is 0 Å². The van der Waals surface area contributed by atoms with Gasteiger partial charge in [-0.05, 0) is 59.6 Å². The van der Waals surface area contributed by atoms with Crippen LogP contribution in [0.15, 0.2) is 24.3 Å². The molecule has 0 bridgehead atoms. The lowest BCUT2D eigenvalue weighted by molar-refractivity contribution is -0.117. The van der Waals surface area contributed by atoms with Crippen molar-refractivity contribution >= 4 is 46.6 Å². The van der Waals surface area contributed by atoms with E-state index in [2.05, 4.69) is 39.7 Å². The Labute approximate surface area is 140 Å². The topological polar surface area (TPSA) is 58.4 Å². The van der Waals surface area contributed by atoms with Gasteiger partial charge in [0.2, 0.25) is 5.91 Å². The van der Waals surface area contributed by atoms with E-state index in [9.17, 15) is 4.79 Å². The number of hydrogen-bond donors (Lipinski definition) is 2. The minimum Gasteiger partial charge on any atom is -0.330 e. The van der Waals surface area contributed by atoms with E-state index in [-0.39, 0.29) is 23.7 Å². The average Bonchev–Trinajstić information content (AvgIpc) is 2.74. The number of hydrogen-bond acceptors (Lipinski definition) is 3. The van der Waals surface area contributed by atoms with Crippen molar-refractivity contribution in [3.8, 4) is 0 Å². The molecule has 112 valence electrons. The smallest absolute Gasteiger partial charge is 0.238 e. The molecule has 6 heteroatoms. The first kappa shape index (κ1) is 17.7. The molecule has 4 nitrogen and oxygen atoms in total. The van der Waals surface area contributed by atoms with Crippen molar-refractivity contribution in [2.45, 2.75) is 13.3 Å². The number of halogens is 2. The lowest BCUT2D eigenvalue weighted by Crippen LogP contribution is -2.35. The van der Waals surface area contributed by atoms with Gasteiger partial charge in [-0.15, -0.1) is 12.4 Å². The minimum absolute atomic E-state index is 0. The van der Waals surface area contributed by atoms with E-state index in [1.165, 1.54) is 0 Å². The summed E-state index contributed by atoms with van der Waals surface area (Å²) in [6.45, 7) is 5.17. The lowest BCUT2D eigenvalue weighted by atomic mass is 9.90. The number of nitrogens with one attached hydrogen (secondary N) is 1. The number of likely N-dealkylation sites (tertiary alicyclic amines) is 1. The fraction of sp³-hybridized carbons (Fsp3) is 0.500. The zero-order valence-corrected chi connectivity index (χ0v) is 14.5. The monoisotopic (exact) mass is 409 g/mol. The molecule has 1 aliphatic heterocycles. The Hall–Kier alpha value is -0.370. The number of amides is 1. The Morgan fingerprint density at radius 2 is 2.20 bits per heavy atom. The average molecular weight is 410 g/mol. The summed E-state index contributed by atoms with van der Waals surface area (Å²) in [5, 5.41) is 2.96. The number of carbonyl (C=O) groups excluding carboxylic acids is 1. The molecule has 1 aromatic carbocycles. The third-order valence-corrected chi connectivity index (χ3v) is 4.59. The molecule has 0 aromatic heterocycles. The first-order chi connectivity index (χ1) is 9.02. The number of anilines is 1. The summed E-state index contributed by atoms with van der Waals surface area (Å²) in [6, 6.07) is 7.80. The van der Waals surface area contributed by atoms with Crippen molar-refractivity contribution < 1.29 is 4.79 Å². The molecule has 1 saturated heterocycles. The molecule has 20 heavy (non-hydrogen) atoms. The molecule has 1 aromatic rings. The SMILES string of the molecule is CC1(CN)CCN(CC(=O)Nc2ccccc2I)C1.Cl. The molecule has 2 rings (SSSR count). The van der Waals surface area contributed by atoms with Gasteiger partial charge in [0.1, 0.15) is 0 Å². The van der Waals surface area contributed by atoms with Crippen molar-refractivity contribution in [1.29, 1.82) is 0 Å². The second-order valence-corrected chi connectivity index (χ2v) is 6.67. The van der Waals surface area contributed by atoms with Gasteiger partial charge in [-0.25, -0.2) is 0 Å². The van der Waals surface area contributed by atoms with Gasteiger partial charge in [0.15, 0.2) is 0 Å². The van der Waals surface area contributed by atoms with Crippen LogP contribution in [0.25, 0.3) is 0 Å². The van der Waals surface area contributed by atoms with Crippen LogP contribution in [0.2, 0.25) is 0 Å². The van der Waals surface area contributed by atoms with Crippen LogP contribution in [-0.4, -0.2) is 37.0 Å². The predicted octanol–water partition coefficient (Wildman–Crippen LogP) is 2.32. The first-order valence-electron chi connectivity index (χ1n) is 6.49. The van der Waals surface area contributed by atoms with E-state index < -0.39 is 0 Å². The van der Waals surface area contributed by atoms with Crippen LogP contribution in [0.1, 0.15) is 13.3 Å². The summed E-state index contributed by atoms with van der Waals surface area (Å²) in [6.07, 6.45) is 1.07. The largest absolute Gasteiger partial charge is 0.330 e. The number of rotatable bonds is 4. The zero-order valence-electron chi connectivity index (χ0n) is 11.6. The molecule has 3 N–H and O–H groups in total. The third-order valence-electron chi connectivity index (χ3n) is 3.64. The Morgan fingerprint density at radius 1 is 1.50 bits per heavy atom. The van der Waals surface area contributed by atoms with E-state index in [1.54, 1.807) is 0 Å². The molecule has 0 aliphatic carbocycles. The van der Waals surface area contributed by atoms with Crippen LogP contribution in [0, 0.1) is 8.99 Å². The van der Waals surface area contributed by atoms with Gasteiger partial charge in [0.25, 0.3) is 0 Å². The van der Waals surface area contributed by atoms with Crippen molar-refractivity contribution in [1.82, 2.24) is 4.90 Å². The molecule has 0 spiro atoms. The lowest BCUT2D eigenvalue weighted by Gasteiger charge is -2.22. The van der Waals surface area contributed by atoms with E-state index in [0.717, 1.165) is 28.8 Å². The molecule has 1 atom stereocenters. The van der Waals surface area contributed by atoms with Crippen LogP contribution in [0.3, 0.4) is 0 Å². The number of benzene rings is 1. The van der Waals surface area contributed by atoms with Crippen molar-refractivity contribution in [2.75, 3.05) is 31.5 Å². The Bertz CT molecular complexity index is 471. The maximum Gasteiger partial charge on any atom is 0.238 e. The van der Waals surface area contributed by atoms with Crippen LogP contribution in [-0.2, 0) is 4.79 Å². The maximum absolute atomic E-state index is 12.0. The third kappa shape index (κ3) is 4.58. The van der Waals surface area contributed by atoms with E-state index in [4.69, 9.17) is 5.73 Å². The number of carbonyl (C=O) groups is 1. The van der Waals surface area contributed by atoms with E-state index in [0.29, 0.717) is 13.1 Å². The van der Waals surface area contributed by atoms with Gasteiger partial charge < -0.3 is 11.1 Å². The molecule has 1 unspecified atom stereocenters. The van der Waals surface area contributed by atoms with Crippen molar-refractivity contribution in [2.24, 2.45) is 11.1 Å². The number of nitrogens with two attached hydrogens (primary N) is 1. The molecule has 1 fully saturated rings. The molecular weight excluding hydrogens is 389 g/mol. The Balaban J connectivity index is 0.00000200. The normalized spacial score (nSPS) is 22.4. The van der Waals surface area contributed by atoms with Crippen LogP contribution < -0.4 is 11.1 Å². The number of nitrogens with zero attached hydrogens (tertiary/aromatic N) is 1. The highest BCUT2D eigenvalue weighted by atomic mass is 127. The summed E-state index contributed by atoms with van der Waals surface area (Å²) < 4.78 is 1.06. The summed E-state index contributed by atoms with van der Waals surface area (Å²) in [5.41, 5.74) is 6.83. The van der Waals surface area contributed by atoms with Crippen molar-refractivity contribution in [3.05, 3.63) is 27.8 Å². The fourth-order valence-electron chi connectivity index (χ4n) is 2.38. The summed E-state index contributed by atoms with van der Waals surface area (Å²) in [4.78, 5) is 14.2. The minimum atomic E-state index is 0. The van der Waals surface area contributed by atoms with Gasteiger partial charge in [0, 0.05) is 10.1 Å². The highest BCUT2D eigenvalue weighted by molar-refractivity contribution is 14.1. The molecule has 0 saturated carbocycles. The molecule has 1 heterocycles. The van der Waals surface area contributed by atoms with Gasteiger partial charge in [-0.1, -0.05) is 19.1 Å². The van der Waals surface area contributed by atoms with Crippen LogP contribution in [0.4, 0.5) is 5.69 Å². The van der Waals surface area contributed by atoms with Gasteiger partial charge >= 0.3 is 0 Å². The Kier molecular flexibility index (Phi) is 6.71. The molecule has 1 aliphatic rings. The summed E-state index contributed by atoms with van der Waals surface area (Å²) in [7, 11) is 0. The number of para-hydroxylation sites is 1. The standard InChI is InChI=1S/C14H20IN3O.ClH/c1-14(9-16)6-7-18(10-14)8-13(19)17-12-5-3-2-4-11(12)15;/h2-5H,6-10,16H2,1H3,(H,17,19);1H. The summed E-state index contributed by atoms with van der Waals surface area (Å²) in [5.74, 6) is 0.0467. The first-order valence-corrected chi connectivity index (χ1v) is 7.57. The summed E-state index contributed by atoms with van der Waals surface area (Å²) >= 11 is 2.22. The predicted molar refractivity (Wildman–Crippen MR) is 93.3 cm³/mol. The second kappa shape index (κ2) is 7.59. The van der Waals surface area contributed by atoms with E-state index in [1.807, 2.05) is 24.3 Å². The fourth-order valence-corrected chi connectivity index (χ4v) is 2.91. The Morgan fingerprint density at radius 3 is 2.80 bits per heavy atom. The van der Waals surface area contributed by atoms with Gasteiger partial charge in [-0.3, -0.25) is 9.69 Å². The second-order valence-electron chi connectivity index (χ2n) is 5.50. The highest BCUT2D eigenvalue weighted by Gasteiger charge is 2.33. The van der Waals surface area contributed by atoms with Gasteiger partial charge in [-0.2, -0.15) is 0 Å². The highest BCUT2D eigenvalue weighted by Crippen LogP contribution is 2.28. The van der Waals surface area contributed by atoms with E-state index >= 15 is 0 Å². The molecule has 1 amide bonds. The zero-order chi connectivity index (χ0) is 13.9. The van der Waals surface area contributed by atoms with Crippen LogP contribution >= 0.6 is 35.0 Å². The maximum atomic E-state index is 12.0. The quantitative estimate of drug-likeness (QED) is 0.751. The molecular formula is C14H21ClIN3O.